The van der Waals surface area contributed by atoms with Gasteiger partial charge >= 0.3 is 0 Å². The molecule has 0 aliphatic carbocycles. The predicted octanol–water partition coefficient (Wildman–Crippen LogP) is 3.55. The highest BCUT2D eigenvalue weighted by Gasteiger charge is 2.16. The largest absolute Gasteiger partial charge is 0.384 e. The van der Waals surface area contributed by atoms with Gasteiger partial charge in [0.05, 0.1) is 10.3 Å². The van der Waals surface area contributed by atoms with E-state index in [4.69, 9.17) is 11.6 Å². The molecule has 19 heavy (non-hydrogen) atoms. The minimum absolute atomic E-state index is 0.0505. The molecule has 108 valence electrons. The zero-order valence-corrected chi connectivity index (χ0v) is 13.5. The summed E-state index contributed by atoms with van der Waals surface area (Å²) in [6.07, 6.45) is 2.12. The summed E-state index contributed by atoms with van der Waals surface area (Å²) < 4.78 is 22.7. The molecule has 3 nitrogen and oxygen atoms in total. The molecule has 1 unspecified atom stereocenters. The zero-order chi connectivity index (χ0) is 14.7. The lowest BCUT2D eigenvalue weighted by Crippen LogP contribution is -2.20. The van der Waals surface area contributed by atoms with Crippen LogP contribution in [0.2, 0.25) is 0 Å². The highest BCUT2D eigenvalue weighted by Crippen LogP contribution is 2.24. The van der Waals surface area contributed by atoms with E-state index in [-0.39, 0.29) is 10.8 Å². The Kier molecular flexibility index (Phi) is 5.27. The second-order valence-corrected chi connectivity index (χ2v) is 8.67. The Morgan fingerprint density at radius 3 is 2.16 bits per heavy atom. The highest BCUT2D eigenvalue weighted by atomic mass is 35.5. The van der Waals surface area contributed by atoms with Gasteiger partial charge in [0.1, 0.15) is 0 Å². The maximum atomic E-state index is 11.3. The van der Waals surface area contributed by atoms with Crippen LogP contribution in [-0.2, 0) is 9.84 Å². The molecule has 0 aliphatic rings. The monoisotopic (exact) mass is 303 g/mol. The van der Waals surface area contributed by atoms with Gasteiger partial charge in [0, 0.05) is 18.5 Å². The predicted molar refractivity (Wildman–Crippen MR) is 81.8 cm³/mol. The number of hydrogen-bond donors (Lipinski definition) is 1. The van der Waals surface area contributed by atoms with Crippen LogP contribution in [0.4, 0.5) is 5.69 Å². The van der Waals surface area contributed by atoms with Gasteiger partial charge in [0.15, 0.2) is 9.84 Å². The zero-order valence-electron chi connectivity index (χ0n) is 11.9. The number of rotatable bonds is 5. The van der Waals surface area contributed by atoms with E-state index in [0.717, 1.165) is 12.1 Å². The molecular formula is C14H22ClNO2S. The van der Waals surface area contributed by atoms with E-state index < -0.39 is 9.84 Å². The van der Waals surface area contributed by atoms with Crippen LogP contribution in [0.15, 0.2) is 29.2 Å². The van der Waals surface area contributed by atoms with E-state index >= 15 is 0 Å². The molecule has 0 bridgehead atoms. The first-order chi connectivity index (χ1) is 8.58. The van der Waals surface area contributed by atoms with Crippen LogP contribution in [0.1, 0.15) is 27.2 Å². The fourth-order valence-corrected chi connectivity index (χ4v) is 2.96. The summed E-state index contributed by atoms with van der Waals surface area (Å²) in [4.78, 5) is 0.329. The van der Waals surface area contributed by atoms with Gasteiger partial charge in [0.2, 0.25) is 0 Å². The van der Waals surface area contributed by atoms with Gasteiger partial charge in [-0.25, -0.2) is 8.42 Å². The molecule has 0 spiro atoms. The summed E-state index contributed by atoms with van der Waals surface area (Å²) in [7, 11) is -3.13. The van der Waals surface area contributed by atoms with E-state index in [1.807, 2.05) is 0 Å². The van der Waals surface area contributed by atoms with Crippen LogP contribution in [0, 0.1) is 5.41 Å². The quantitative estimate of drug-likeness (QED) is 0.846. The molecule has 0 aliphatic heterocycles. The Balaban J connectivity index is 2.55. The van der Waals surface area contributed by atoms with Gasteiger partial charge in [-0.1, -0.05) is 20.8 Å². The fourth-order valence-electron chi connectivity index (χ4n) is 1.79. The van der Waals surface area contributed by atoms with Crippen molar-refractivity contribution in [3.05, 3.63) is 24.3 Å². The van der Waals surface area contributed by atoms with E-state index in [1.165, 1.54) is 6.26 Å². The number of nitrogens with one attached hydrogen (secondary N) is 1. The van der Waals surface area contributed by atoms with Crippen LogP contribution in [0.25, 0.3) is 0 Å². The molecular weight excluding hydrogens is 282 g/mol. The van der Waals surface area contributed by atoms with Crippen molar-refractivity contribution in [1.82, 2.24) is 0 Å². The molecule has 0 saturated heterocycles. The molecule has 0 fully saturated rings. The molecule has 0 amide bonds. The number of alkyl halides is 1. The first-order valence-corrected chi connectivity index (χ1v) is 8.59. The van der Waals surface area contributed by atoms with Gasteiger partial charge in [0.25, 0.3) is 0 Å². The summed E-state index contributed by atoms with van der Waals surface area (Å²) in [5.74, 6) is 0. The molecule has 0 radical (unpaired) electrons. The normalized spacial score (nSPS) is 14.2. The van der Waals surface area contributed by atoms with Crippen LogP contribution in [0.3, 0.4) is 0 Å². The number of benzene rings is 1. The van der Waals surface area contributed by atoms with Crippen molar-refractivity contribution in [1.29, 1.82) is 0 Å². The van der Waals surface area contributed by atoms with Crippen LogP contribution >= 0.6 is 11.6 Å². The highest BCUT2D eigenvalue weighted by molar-refractivity contribution is 7.90. The third-order valence-corrected chi connectivity index (χ3v) is 4.08. The lowest BCUT2D eigenvalue weighted by atomic mass is 9.90. The van der Waals surface area contributed by atoms with Gasteiger partial charge in [-0.2, -0.15) is 0 Å². The molecule has 1 atom stereocenters. The Labute approximate surface area is 121 Å². The molecule has 1 N–H and O–H groups in total. The lowest BCUT2D eigenvalue weighted by Gasteiger charge is -2.22. The van der Waals surface area contributed by atoms with E-state index in [9.17, 15) is 8.42 Å². The minimum Gasteiger partial charge on any atom is -0.384 e. The molecule has 1 aromatic rings. The molecule has 5 heteroatoms. The van der Waals surface area contributed by atoms with E-state index in [0.29, 0.717) is 11.4 Å². The topological polar surface area (TPSA) is 46.2 Å². The van der Waals surface area contributed by atoms with Crippen molar-refractivity contribution in [2.75, 3.05) is 18.1 Å². The van der Waals surface area contributed by atoms with Crippen molar-refractivity contribution in [3.8, 4) is 0 Å². The molecule has 1 aromatic carbocycles. The van der Waals surface area contributed by atoms with Gasteiger partial charge in [-0.3, -0.25) is 0 Å². The lowest BCUT2D eigenvalue weighted by molar-refractivity contribution is 0.373. The molecule has 0 heterocycles. The summed E-state index contributed by atoms with van der Waals surface area (Å²) in [5, 5.41) is 3.27. The Morgan fingerprint density at radius 2 is 1.74 bits per heavy atom. The first kappa shape index (κ1) is 16.3. The number of anilines is 1. The summed E-state index contributed by atoms with van der Waals surface area (Å²) in [6, 6.07) is 6.73. The van der Waals surface area contributed by atoms with Crippen molar-refractivity contribution < 1.29 is 8.42 Å². The average molecular weight is 304 g/mol. The van der Waals surface area contributed by atoms with Crippen LogP contribution < -0.4 is 5.32 Å². The van der Waals surface area contributed by atoms with Gasteiger partial charge in [-0.15, -0.1) is 11.6 Å². The maximum Gasteiger partial charge on any atom is 0.175 e. The third kappa shape index (κ3) is 6.30. The molecule has 0 saturated carbocycles. The van der Waals surface area contributed by atoms with Crippen molar-refractivity contribution >= 4 is 27.1 Å². The number of halogens is 1. The van der Waals surface area contributed by atoms with Crippen LogP contribution in [0.5, 0.6) is 0 Å². The Bertz CT molecular complexity index is 503. The fraction of sp³-hybridized carbons (Fsp3) is 0.571. The van der Waals surface area contributed by atoms with Crippen LogP contribution in [-0.4, -0.2) is 26.6 Å². The molecule has 0 aromatic heterocycles. The summed E-state index contributed by atoms with van der Waals surface area (Å²) in [6.45, 7) is 7.13. The Morgan fingerprint density at radius 1 is 1.21 bits per heavy atom. The second kappa shape index (κ2) is 6.14. The van der Waals surface area contributed by atoms with E-state index in [2.05, 4.69) is 26.1 Å². The maximum absolute atomic E-state index is 11.3. The van der Waals surface area contributed by atoms with Crippen molar-refractivity contribution in [2.24, 2.45) is 5.41 Å². The number of sulfone groups is 1. The minimum atomic E-state index is -3.13. The molecule has 1 rings (SSSR count). The smallest absolute Gasteiger partial charge is 0.175 e. The van der Waals surface area contributed by atoms with Crippen molar-refractivity contribution in [3.63, 3.8) is 0 Å². The van der Waals surface area contributed by atoms with Gasteiger partial charge in [-0.05, 0) is 36.1 Å². The average Bonchev–Trinajstić information content (AvgIpc) is 2.23. The van der Waals surface area contributed by atoms with Gasteiger partial charge < -0.3 is 5.32 Å². The third-order valence-electron chi connectivity index (χ3n) is 2.64. The first-order valence-electron chi connectivity index (χ1n) is 6.26. The number of hydrogen-bond acceptors (Lipinski definition) is 3. The van der Waals surface area contributed by atoms with E-state index in [1.54, 1.807) is 24.3 Å². The Hall–Kier alpha value is -0.740. The van der Waals surface area contributed by atoms with Crippen molar-refractivity contribution in [2.45, 2.75) is 37.5 Å². The standard InChI is InChI=1S/C14H22ClNO2S/c1-14(2,3)9-11(15)10-16-12-5-7-13(8-6-12)19(4,17)18/h5-8,11,16H,9-10H2,1-4H3. The summed E-state index contributed by atoms with van der Waals surface area (Å²) in [5.41, 5.74) is 1.08. The second-order valence-electron chi connectivity index (χ2n) is 6.04. The summed E-state index contributed by atoms with van der Waals surface area (Å²) >= 11 is 6.26. The SMILES string of the molecule is CC(C)(C)CC(Cl)CNc1ccc(S(C)(=O)=O)cc1.